The number of imidazole rings is 1. The van der Waals surface area contributed by atoms with Crippen molar-refractivity contribution in [3.05, 3.63) is 62.9 Å². The van der Waals surface area contributed by atoms with E-state index in [-0.39, 0.29) is 0 Å². The van der Waals surface area contributed by atoms with Gasteiger partial charge < -0.3 is 8.98 Å². The predicted molar refractivity (Wildman–Crippen MR) is 98.5 cm³/mol. The molecular formula is C18H18N6O3. The topological polar surface area (TPSA) is 101 Å². The van der Waals surface area contributed by atoms with Crippen LogP contribution in [-0.2, 0) is 14.1 Å². The summed E-state index contributed by atoms with van der Waals surface area (Å²) in [5.41, 5.74) is 1.73. The second kappa shape index (κ2) is 6.04. The van der Waals surface area contributed by atoms with Crippen molar-refractivity contribution >= 4 is 11.2 Å². The highest BCUT2D eigenvalue weighted by atomic mass is 16.4. The molecule has 1 atom stereocenters. The summed E-state index contributed by atoms with van der Waals surface area (Å²) in [6.45, 7) is 3.83. The second-order valence-corrected chi connectivity index (χ2v) is 6.52. The normalized spacial score (nSPS) is 12.6. The van der Waals surface area contributed by atoms with Gasteiger partial charge in [-0.05, 0) is 26.0 Å². The molecule has 0 N–H and O–H groups in total. The highest BCUT2D eigenvalue weighted by Crippen LogP contribution is 2.24. The van der Waals surface area contributed by atoms with E-state index in [9.17, 15) is 9.59 Å². The summed E-state index contributed by atoms with van der Waals surface area (Å²) in [5, 5.41) is 8.24. The first kappa shape index (κ1) is 17.0. The van der Waals surface area contributed by atoms with E-state index in [4.69, 9.17) is 4.42 Å². The van der Waals surface area contributed by atoms with E-state index in [0.29, 0.717) is 22.9 Å². The number of hydrogen-bond acceptors (Lipinski definition) is 6. The van der Waals surface area contributed by atoms with Crippen molar-refractivity contribution in [1.29, 1.82) is 0 Å². The molecule has 0 fully saturated rings. The smallest absolute Gasteiger partial charge is 0.332 e. The van der Waals surface area contributed by atoms with Gasteiger partial charge in [-0.1, -0.05) is 17.7 Å². The highest BCUT2D eigenvalue weighted by molar-refractivity contribution is 5.70. The Kier molecular flexibility index (Phi) is 3.79. The number of hydrogen-bond donors (Lipinski definition) is 0. The number of rotatable bonds is 3. The quantitative estimate of drug-likeness (QED) is 0.543. The lowest BCUT2D eigenvalue weighted by atomic mass is 10.1. The van der Waals surface area contributed by atoms with Crippen LogP contribution < -0.4 is 11.2 Å². The van der Waals surface area contributed by atoms with E-state index in [2.05, 4.69) is 15.2 Å². The van der Waals surface area contributed by atoms with Gasteiger partial charge in [-0.3, -0.25) is 13.9 Å². The van der Waals surface area contributed by atoms with Crippen LogP contribution in [0.15, 0.2) is 44.6 Å². The Bertz CT molecular complexity index is 1260. The molecule has 0 unspecified atom stereocenters. The Labute approximate surface area is 153 Å². The summed E-state index contributed by atoms with van der Waals surface area (Å²) in [7, 11) is 3.02. The molecule has 27 heavy (non-hydrogen) atoms. The third-order valence-corrected chi connectivity index (χ3v) is 4.69. The van der Waals surface area contributed by atoms with Gasteiger partial charge in [0.05, 0.1) is 6.33 Å². The molecule has 0 amide bonds. The first-order chi connectivity index (χ1) is 12.9. The lowest BCUT2D eigenvalue weighted by Crippen LogP contribution is -2.37. The molecule has 0 saturated carbocycles. The number of aryl methyl sites for hydroxylation is 2. The molecule has 4 aromatic rings. The Morgan fingerprint density at radius 2 is 1.74 bits per heavy atom. The third-order valence-electron chi connectivity index (χ3n) is 4.69. The van der Waals surface area contributed by atoms with Gasteiger partial charge in [-0.2, -0.15) is 0 Å². The molecule has 0 aliphatic rings. The van der Waals surface area contributed by atoms with Crippen LogP contribution in [0.1, 0.15) is 24.4 Å². The van der Waals surface area contributed by atoms with Crippen LogP contribution in [0.4, 0.5) is 0 Å². The van der Waals surface area contributed by atoms with Crippen molar-refractivity contribution in [3.8, 4) is 11.5 Å². The van der Waals surface area contributed by atoms with Crippen LogP contribution in [0.3, 0.4) is 0 Å². The highest BCUT2D eigenvalue weighted by Gasteiger charge is 2.22. The first-order valence-corrected chi connectivity index (χ1v) is 8.41. The van der Waals surface area contributed by atoms with Crippen LogP contribution in [0, 0.1) is 6.92 Å². The SMILES string of the molecule is Cc1ccc(-c2nnc([C@@H](C)n3cnc4c3c(=O)n(C)c(=O)n4C)o2)cc1. The van der Waals surface area contributed by atoms with E-state index >= 15 is 0 Å². The molecule has 0 radical (unpaired) electrons. The summed E-state index contributed by atoms with van der Waals surface area (Å²) in [4.78, 5) is 28.9. The first-order valence-electron chi connectivity index (χ1n) is 8.41. The van der Waals surface area contributed by atoms with Crippen molar-refractivity contribution in [3.63, 3.8) is 0 Å². The molecule has 3 aromatic heterocycles. The lowest BCUT2D eigenvalue weighted by molar-refractivity contribution is 0.442. The van der Waals surface area contributed by atoms with E-state index in [0.717, 1.165) is 15.7 Å². The zero-order chi connectivity index (χ0) is 19.3. The molecule has 9 heteroatoms. The van der Waals surface area contributed by atoms with E-state index in [1.165, 1.54) is 17.9 Å². The third kappa shape index (κ3) is 2.59. The maximum absolute atomic E-state index is 12.6. The van der Waals surface area contributed by atoms with Crippen LogP contribution in [0.25, 0.3) is 22.6 Å². The van der Waals surface area contributed by atoms with Gasteiger partial charge in [0.25, 0.3) is 5.56 Å². The molecular weight excluding hydrogens is 348 g/mol. The molecule has 4 rings (SSSR count). The van der Waals surface area contributed by atoms with Crippen molar-refractivity contribution in [2.45, 2.75) is 19.9 Å². The summed E-state index contributed by atoms with van der Waals surface area (Å²) >= 11 is 0. The maximum Gasteiger partial charge on any atom is 0.332 e. The lowest BCUT2D eigenvalue weighted by Gasteiger charge is -2.10. The fourth-order valence-corrected chi connectivity index (χ4v) is 2.99. The molecule has 0 spiro atoms. The molecule has 138 valence electrons. The Morgan fingerprint density at radius 3 is 2.44 bits per heavy atom. The van der Waals surface area contributed by atoms with Gasteiger partial charge in [0.1, 0.15) is 6.04 Å². The van der Waals surface area contributed by atoms with E-state index < -0.39 is 17.3 Å². The molecule has 0 aliphatic heterocycles. The van der Waals surface area contributed by atoms with Gasteiger partial charge in [-0.15, -0.1) is 10.2 Å². The van der Waals surface area contributed by atoms with Crippen LogP contribution in [0.2, 0.25) is 0 Å². The molecule has 0 saturated heterocycles. The fraction of sp³-hybridized carbons (Fsp3) is 0.278. The van der Waals surface area contributed by atoms with Gasteiger partial charge in [0, 0.05) is 19.7 Å². The number of benzene rings is 1. The molecule has 0 aliphatic carbocycles. The van der Waals surface area contributed by atoms with Gasteiger partial charge in [0.2, 0.25) is 11.8 Å². The standard InChI is InChI=1S/C18H18N6O3/c1-10-5-7-12(8-6-10)16-21-20-15(27-16)11(2)24-9-19-14-13(24)17(25)23(4)18(26)22(14)3/h5-9,11H,1-4H3/t11-/m1/s1. The summed E-state index contributed by atoms with van der Waals surface area (Å²) in [6, 6.07) is 7.34. The minimum absolute atomic E-state index is 0.308. The largest absolute Gasteiger partial charge is 0.418 e. The Balaban J connectivity index is 1.80. The molecule has 3 heterocycles. The fourth-order valence-electron chi connectivity index (χ4n) is 2.99. The molecule has 0 bridgehead atoms. The van der Waals surface area contributed by atoms with E-state index in [1.54, 1.807) is 11.6 Å². The number of fused-ring (bicyclic) bond motifs is 1. The molecule has 9 nitrogen and oxygen atoms in total. The summed E-state index contributed by atoms with van der Waals surface area (Å²) in [6.07, 6.45) is 1.51. The van der Waals surface area contributed by atoms with Gasteiger partial charge in [0.15, 0.2) is 11.2 Å². The van der Waals surface area contributed by atoms with E-state index in [1.807, 2.05) is 38.1 Å². The Hall–Kier alpha value is -3.49. The van der Waals surface area contributed by atoms with Crippen molar-refractivity contribution < 1.29 is 4.42 Å². The van der Waals surface area contributed by atoms with Crippen molar-refractivity contribution in [1.82, 2.24) is 28.9 Å². The van der Waals surface area contributed by atoms with Crippen molar-refractivity contribution in [2.75, 3.05) is 0 Å². The minimum atomic E-state index is -0.426. The van der Waals surface area contributed by atoms with Gasteiger partial charge >= 0.3 is 5.69 Å². The summed E-state index contributed by atoms with van der Waals surface area (Å²) in [5.74, 6) is 0.752. The zero-order valence-electron chi connectivity index (χ0n) is 15.4. The van der Waals surface area contributed by atoms with Crippen molar-refractivity contribution in [2.24, 2.45) is 14.1 Å². The maximum atomic E-state index is 12.6. The molecule has 1 aromatic carbocycles. The number of aromatic nitrogens is 6. The minimum Gasteiger partial charge on any atom is -0.418 e. The second-order valence-electron chi connectivity index (χ2n) is 6.52. The number of nitrogens with zero attached hydrogens (tertiary/aromatic N) is 6. The van der Waals surface area contributed by atoms with Gasteiger partial charge in [-0.25, -0.2) is 9.78 Å². The average Bonchev–Trinajstić information content (AvgIpc) is 3.32. The zero-order valence-corrected chi connectivity index (χ0v) is 15.4. The van der Waals surface area contributed by atoms with Crippen LogP contribution in [-0.4, -0.2) is 28.9 Å². The monoisotopic (exact) mass is 366 g/mol. The Morgan fingerprint density at radius 1 is 1.04 bits per heavy atom. The average molecular weight is 366 g/mol. The predicted octanol–water partition coefficient (Wildman–Crippen LogP) is 1.40. The summed E-state index contributed by atoms with van der Waals surface area (Å²) < 4.78 is 9.86. The van der Waals surface area contributed by atoms with Crippen LogP contribution in [0.5, 0.6) is 0 Å². The van der Waals surface area contributed by atoms with Crippen LogP contribution >= 0.6 is 0 Å².